The molecule has 1 atom stereocenters. The Kier molecular flexibility index (Phi) is 3.01. The van der Waals surface area contributed by atoms with Crippen LogP contribution in [0.4, 0.5) is 0 Å². The van der Waals surface area contributed by atoms with Gasteiger partial charge < -0.3 is 5.32 Å². The Labute approximate surface area is 87.7 Å². The number of rotatable bonds is 1. The molecule has 0 spiro atoms. The molecule has 1 nitrogen and oxygen atoms in total. The van der Waals surface area contributed by atoms with Crippen LogP contribution in [0.5, 0.6) is 0 Å². The van der Waals surface area contributed by atoms with Crippen LogP contribution in [0.1, 0.15) is 24.3 Å². The Bertz CT molecular complexity index is 279. The largest absolute Gasteiger partial charge is 0.316 e. The van der Waals surface area contributed by atoms with Crippen LogP contribution in [-0.4, -0.2) is 13.1 Å². The minimum Gasteiger partial charge on any atom is -0.316 e. The van der Waals surface area contributed by atoms with E-state index in [1.54, 1.807) is 0 Å². The highest BCUT2D eigenvalue weighted by Gasteiger charge is 2.16. The molecule has 0 bridgehead atoms. The van der Waals surface area contributed by atoms with Crippen molar-refractivity contribution in [2.45, 2.75) is 18.8 Å². The van der Waals surface area contributed by atoms with Crippen LogP contribution in [-0.2, 0) is 0 Å². The van der Waals surface area contributed by atoms with E-state index in [2.05, 4.69) is 45.5 Å². The molecule has 0 amide bonds. The Morgan fingerprint density at radius 3 is 2.85 bits per heavy atom. The van der Waals surface area contributed by atoms with Crippen molar-refractivity contribution in [2.24, 2.45) is 0 Å². The molecular weight excluding hydrogens is 226 g/mol. The van der Waals surface area contributed by atoms with Crippen molar-refractivity contribution in [3.8, 4) is 0 Å². The molecule has 1 N–H and O–H groups in total. The molecule has 1 aliphatic heterocycles. The third kappa shape index (κ3) is 2.12. The average molecular weight is 240 g/mol. The normalized spacial score (nSPS) is 23.0. The van der Waals surface area contributed by atoms with E-state index >= 15 is 0 Å². The third-order valence-corrected chi connectivity index (χ3v) is 3.36. The van der Waals surface area contributed by atoms with E-state index in [0.29, 0.717) is 5.92 Å². The molecule has 1 saturated heterocycles. The molecule has 0 aliphatic carbocycles. The van der Waals surface area contributed by atoms with Crippen LogP contribution >= 0.6 is 15.9 Å². The molecule has 1 fully saturated rings. The molecule has 2 heteroatoms. The molecule has 70 valence electrons. The van der Waals surface area contributed by atoms with E-state index < -0.39 is 0 Å². The monoisotopic (exact) mass is 239 g/mol. The van der Waals surface area contributed by atoms with E-state index in [1.807, 2.05) is 0 Å². The zero-order valence-electron chi connectivity index (χ0n) is 7.59. The molecule has 13 heavy (non-hydrogen) atoms. The summed E-state index contributed by atoms with van der Waals surface area (Å²) in [5.41, 5.74) is 1.45. The first-order valence-corrected chi connectivity index (χ1v) is 5.62. The van der Waals surface area contributed by atoms with Gasteiger partial charge in [0.05, 0.1) is 0 Å². The standard InChI is InChI=1S/C11H14BrN/c12-11-6-2-1-5-10(11)9-4-3-7-13-8-9/h1-2,5-6,9,13H,3-4,7-8H2/t9-/m0/s1. The van der Waals surface area contributed by atoms with Gasteiger partial charge >= 0.3 is 0 Å². The lowest BCUT2D eigenvalue weighted by Crippen LogP contribution is -2.28. The van der Waals surface area contributed by atoms with Gasteiger partial charge in [-0.25, -0.2) is 0 Å². The first kappa shape index (κ1) is 9.22. The van der Waals surface area contributed by atoms with Gasteiger partial charge in [-0.3, -0.25) is 0 Å². The van der Waals surface area contributed by atoms with E-state index in [1.165, 1.54) is 29.4 Å². The summed E-state index contributed by atoms with van der Waals surface area (Å²) < 4.78 is 1.25. The van der Waals surface area contributed by atoms with Crippen LogP contribution < -0.4 is 5.32 Å². The summed E-state index contributed by atoms with van der Waals surface area (Å²) in [5, 5.41) is 3.44. The van der Waals surface area contributed by atoms with Crippen LogP contribution in [0.2, 0.25) is 0 Å². The molecular formula is C11H14BrN. The summed E-state index contributed by atoms with van der Waals surface area (Å²) in [5.74, 6) is 0.698. The Morgan fingerprint density at radius 1 is 1.31 bits per heavy atom. The fourth-order valence-electron chi connectivity index (χ4n) is 1.92. The SMILES string of the molecule is Brc1ccccc1[C@H]1CCCNC1. The quantitative estimate of drug-likeness (QED) is 0.795. The van der Waals surface area contributed by atoms with Crippen LogP contribution in [0, 0.1) is 0 Å². The maximum Gasteiger partial charge on any atom is 0.0210 e. The van der Waals surface area contributed by atoms with Crippen LogP contribution in [0.3, 0.4) is 0 Å². The maximum absolute atomic E-state index is 3.60. The summed E-state index contributed by atoms with van der Waals surface area (Å²) in [7, 11) is 0. The number of hydrogen-bond donors (Lipinski definition) is 1. The highest BCUT2D eigenvalue weighted by molar-refractivity contribution is 9.10. The van der Waals surface area contributed by atoms with E-state index in [-0.39, 0.29) is 0 Å². The van der Waals surface area contributed by atoms with Crippen molar-refractivity contribution < 1.29 is 0 Å². The first-order valence-electron chi connectivity index (χ1n) is 4.83. The minimum absolute atomic E-state index is 0.698. The molecule has 1 aromatic rings. The summed E-state index contributed by atoms with van der Waals surface area (Å²) in [4.78, 5) is 0. The number of hydrogen-bond acceptors (Lipinski definition) is 1. The van der Waals surface area contributed by atoms with Crippen molar-refractivity contribution in [3.63, 3.8) is 0 Å². The van der Waals surface area contributed by atoms with Gasteiger partial charge in [0.1, 0.15) is 0 Å². The second-order valence-corrected chi connectivity index (χ2v) is 4.42. The van der Waals surface area contributed by atoms with Crippen molar-refractivity contribution >= 4 is 15.9 Å². The Balaban J connectivity index is 2.18. The van der Waals surface area contributed by atoms with Gasteiger partial charge in [-0.1, -0.05) is 34.1 Å². The number of benzene rings is 1. The summed E-state index contributed by atoms with van der Waals surface area (Å²) >= 11 is 3.60. The van der Waals surface area contributed by atoms with Gasteiger partial charge in [-0.15, -0.1) is 0 Å². The van der Waals surface area contributed by atoms with Crippen molar-refractivity contribution in [2.75, 3.05) is 13.1 Å². The van der Waals surface area contributed by atoms with Gasteiger partial charge in [0.25, 0.3) is 0 Å². The zero-order chi connectivity index (χ0) is 9.10. The number of halogens is 1. The molecule has 1 aromatic carbocycles. The second-order valence-electron chi connectivity index (χ2n) is 3.56. The van der Waals surface area contributed by atoms with Crippen molar-refractivity contribution in [1.29, 1.82) is 0 Å². The maximum atomic E-state index is 3.60. The second kappa shape index (κ2) is 4.25. The van der Waals surface area contributed by atoms with E-state index in [0.717, 1.165) is 6.54 Å². The summed E-state index contributed by atoms with van der Waals surface area (Å²) in [6.07, 6.45) is 2.61. The fraction of sp³-hybridized carbons (Fsp3) is 0.455. The topological polar surface area (TPSA) is 12.0 Å². The lowest BCUT2D eigenvalue weighted by molar-refractivity contribution is 0.460. The minimum atomic E-state index is 0.698. The number of nitrogens with one attached hydrogen (secondary N) is 1. The van der Waals surface area contributed by atoms with Crippen molar-refractivity contribution in [1.82, 2.24) is 5.32 Å². The van der Waals surface area contributed by atoms with Gasteiger partial charge in [0, 0.05) is 11.0 Å². The third-order valence-electron chi connectivity index (χ3n) is 2.64. The van der Waals surface area contributed by atoms with Gasteiger partial charge in [-0.2, -0.15) is 0 Å². The molecule has 0 saturated carbocycles. The van der Waals surface area contributed by atoms with E-state index in [9.17, 15) is 0 Å². The lowest BCUT2D eigenvalue weighted by atomic mass is 9.92. The average Bonchev–Trinajstić information content (AvgIpc) is 2.20. The fourth-order valence-corrected chi connectivity index (χ4v) is 2.53. The predicted molar refractivity (Wildman–Crippen MR) is 59.0 cm³/mol. The highest BCUT2D eigenvalue weighted by atomic mass is 79.9. The molecule has 2 rings (SSSR count). The van der Waals surface area contributed by atoms with E-state index in [4.69, 9.17) is 0 Å². The van der Waals surface area contributed by atoms with Crippen LogP contribution in [0.15, 0.2) is 28.7 Å². The smallest absolute Gasteiger partial charge is 0.0210 e. The summed E-state index contributed by atoms with van der Waals surface area (Å²) in [6.45, 7) is 2.31. The highest BCUT2D eigenvalue weighted by Crippen LogP contribution is 2.29. The molecule has 1 heterocycles. The van der Waals surface area contributed by atoms with Gasteiger partial charge in [-0.05, 0) is 36.9 Å². The first-order chi connectivity index (χ1) is 6.38. The summed E-state index contributed by atoms with van der Waals surface area (Å²) in [6, 6.07) is 8.55. The van der Waals surface area contributed by atoms with Gasteiger partial charge in [0.2, 0.25) is 0 Å². The lowest BCUT2D eigenvalue weighted by Gasteiger charge is -2.23. The van der Waals surface area contributed by atoms with Crippen molar-refractivity contribution in [3.05, 3.63) is 34.3 Å². The molecule has 0 aromatic heterocycles. The van der Waals surface area contributed by atoms with Crippen LogP contribution in [0.25, 0.3) is 0 Å². The Morgan fingerprint density at radius 2 is 2.15 bits per heavy atom. The van der Waals surface area contributed by atoms with Gasteiger partial charge in [0.15, 0.2) is 0 Å². The molecule has 0 unspecified atom stereocenters. The molecule has 1 aliphatic rings. The number of piperidine rings is 1. The zero-order valence-corrected chi connectivity index (χ0v) is 9.18. The Hall–Kier alpha value is -0.340. The molecule has 0 radical (unpaired) electrons. The predicted octanol–water partition coefficient (Wildman–Crippen LogP) is 2.92.